The Morgan fingerprint density at radius 1 is 1.56 bits per heavy atom. The van der Waals surface area contributed by atoms with E-state index in [4.69, 9.17) is 5.26 Å². The van der Waals surface area contributed by atoms with Crippen molar-refractivity contribution in [3.8, 4) is 6.07 Å². The molecule has 0 saturated carbocycles. The molecule has 0 unspecified atom stereocenters. The highest BCUT2D eigenvalue weighted by atomic mass is 32.2. The summed E-state index contributed by atoms with van der Waals surface area (Å²) < 4.78 is 24.3. The molecule has 0 aliphatic carbocycles. The van der Waals surface area contributed by atoms with Crippen LogP contribution in [0, 0.1) is 17.1 Å². The van der Waals surface area contributed by atoms with Crippen LogP contribution in [0.15, 0.2) is 18.2 Å². The number of nitrogens with zero attached hydrogens (tertiary/aromatic N) is 2. The van der Waals surface area contributed by atoms with E-state index in [9.17, 15) is 8.60 Å². The van der Waals surface area contributed by atoms with E-state index in [2.05, 4.69) is 6.07 Å². The second kappa shape index (κ2) is 6.62. The van der Waals surface area contributed by atoms with Gasteiger partial charge in [0.2, 0.25) is 0 Å². The molecule has 0 radical (unpaired) electrons. The first kappa shape index (κ1) is 14.8. The van der Waals surface area contributed by atoms with Crippen molar-refractivity contribution in [1.29, 1.82) is 5.26 Å². The van der Waals surface area contributed by atoms with Crippen molar-refractivity contribution in [1.82, 2.24) is 4.90 Å². The van der Waals surface area contributed by atoms with Crippen molar-refractivity contribution in [3.05, 3.63) is 35.1 Å². The summed E-state index contributed by atoms with van der Waals surface area (Å²) in [5.74, 6) is 0.220. The lowest BCUT2D eigenvalue weighted by Gasteiger charge is -2.24. The molecular formula is C13H17FN2OS. The van der Waals surface area contributed by atoms with Crippen molar-refractivity contribution in [3.63, 3.8) is 0 Å². The fraction of sp³-hybridized carbons (Fsp3) is 0.462. The molecule has 5 heteroatoms. The molecule has 0 bridgehead atoms. The summed E-state index contributed by atoms with van der Waals surface area (Å²) in [6.45, 7) is 2.44. The van der Waals surface area contributed by atoms with Crippen LogP contribution in [0.25, 0.3) is 0 Å². The van der Waals surface area contributed by atoms with E-state index in [1.54, 1.807) is 6.26 Å². The van der Waals surface area contributed by atoms with Crippen LogP contribution in [0.5, 0.6) is 0 Å². The second-order valence-corrected chi connectivity index (χ2v) is 5.90. The van der Waals surface area contributed by atoms with E-state index in [1.807, 2.05) is 18.9 Å². The molecule has 0 aromatic heterocycles. The Bertz CT molecular complexity index is 484. The van der Waals surface area contributed by atoms with Gasteiger partial charge >= 0.3 is 0 Å². The fourth-order valence-corrected chi connectivity index (χ4v) is 2.63. The lowest BCUT2D eigenvalue weighted by molar-refractivity contribution is 0.268. The zero-order valence-corrected chi connectivity index (χ0v) is 11.6. The molecule has 0 aliphatic heterocycles. The molecule has 3 nitrogen and oxygen atoms in total. The van der Waals surface area contributed by atoms with Crippen LogP contribution in [-0.2, 0) is 17.3 Å². The third-order valence-corrected chi connectivity index (χ3v) is 3.79. The quantitative estimate of drug-likeness (QED) is 0.819. The number of benzene rings is 1. The van der Waals surface area contributed by atoms with Gasteiger partial charge in [-0.1, -0.05) is 0 Å². The number of hydrogen-bond donors (Lipinski definition) is 0. The average molecular weight is 268 g/mol. The Morgan fingerprint density at radius 3 is 2.78 bits per heavy atom. The van der Waals surface area contributed by atoms with Crippen LogP contribution in [-0.4, -0.2) is 34.2 Å². The molecule has 0 spiro atoms. The van der Waals surface area contributed by atoms with Gasteiger partial charge < -0.3 is 0 Å². The maximum absolute atomic E-state index is 13.2. The van der Waals surface area contributed by atoms with E-state index in [-0.39, 0.29) is 11.9 Å². The van der Waals surface area contributed by atoms with E-state index in [0.29, 0.717) is 23.4 Å². The Kier molecular flexibility index (Phi) is 5.45. The maximum atomic E-state index is 13.2. The van der Waals surface area contributed by atoms with Gasteiger partial charge in [0.15, 0.2) is 0 Å². The molecule has 0 N–H and O–H groups in total. The Hall–Kier alpha value is -1.25. The Morgan fingerprint density at radius 2 is 2.22 bits per heavy atom. The first-order valence-corrected chi connectivity index (χ1v) is 7.35. The molecule has 1 rings (SSSR count). The highest BCUT2D eigenvalue weighted by Crippen LogP contribution is 2.14. The van der Waals surface area contributed by atoms with Crippen LogP contribution < -0.4 is 0 Å². The highest BCUT2D eigenvalue weighted by molar-refractivity contribution is 7.84. The fourth-order valence-electron chi connectivity index (χ4n) is 1.69. The monoisotopic (exact) mass is 268 g/mol. The third-order valence-electron chi connectivity index (χ3n) is 2.84. The smallest absolute Gasteiger partial charge is 0.123 e. The zero-order valence-electron chi connectivity index (χ0n) is 10.8. The first-order valence-electron chi connectivity index (χ1n) is 5.63. The van der Waals surface area contributed by atoms with Gasteiger partial charge in [0.1, 0.15) is 5.82 Å². The molecular weight excluding hydrogens is 251 g/mol. The summed E-state index contributed by atoms with van der Waals surface area (Å²) in [7, 11) is 1.01. The second-order valence-electron chi connectivity index (χ2n) is 4.42. The summed E-state index contributed by atoms with van der Waals surface area (Å²) in [5.41, 5.74) is 1.14. The minimum atomic E-state index is -0.867. The predicted octanol–water partition coefficient (Wildman–Crippen LogP) is 1.90. The van der Waals surface area contributed by atoms with Crippen LogP contribution in [0.2, 0.25) is 0 Å². The molecule has 0 saturated heterocycles. The van der Waals surface area contributed by atoms with E-state index >= 15 is 0 Å². The summed E-state index contributed by atoms with van der Waals surface area (Å²) in [4.78, 5) is 1.97. The first-order chi connectivity index (χ1) is 8.43. The summed E-state index contributed by atoms with van der Waals surface area (Å²) in [5, 5.41) is 8.97. The van der Waals surface area contributed by atoms with Gasteiger partial charge in [-0.3, -0.25) is 9.11 Å². The van der Waals surface area contributed by atoms with Crippen molar-refractivity contribution < 1.29 is 8.60 Å². The number of halogens is 1. The van der Waals surface area contributed by atoms with Crippen molar-refractivity contribution in [2.75, 3.05) is 19.1 Å². The van der Waals surface area contributed by atoms with Crippen molar-refractivity contribution >= 4 is 10.8 Å². The van der Waals surface area contributed by atoms with E-state index < -0.39 is 10.8 Å². The lowest BCUT2D eigenvalue weighted by Crippen LogP contribution is -2.33. The number of nitriles is 1. The van der Waals surface area contributed by atoms with E-state index in [1.165, 1.54) is 18.2 Å². The normalized spacial score (nSPS) is 14.2. The largest absolute Gasteiger partial charge is 0.298 e. The molecule has 98 valence electrons. The minimum Gasteiger partial charge on any atom is -0.298 e. The lowest BCUT2D eigenvalue weighted by atomic mass is 10.1. The van der Waals surface area contributed by atoms with Gasteiger partial charge in [-0.2, -0.15) is 5.26 Å². The van der Waals surface area contributed by atoms with Crippen LogP contribution in [0.4, 0.5) is 4.39 Å². The standard InChI is InChI=1S/C13H17FN2OS/c1-10(9-18(3)17)16(2)8-12-6-13(14)5-4-11(12)7-15/h4-6,10H,8-9H2,1-3H3/t10-,18-/m0/s1. The number of rotatable bonds is 5. The molecule has 0 amide bonds. The highest BCUT2D eigenvalue weighted by Gasteiger charge is 2.13. The van der Waals surface area contributed by atoms with Crippen molar-refractivity contribution in [2.45, 2.75) is 19.5 Å². The number of hydrogen-bond acceptors (Lipinski definition) is 3. The molecule has 0 heterocycles. The molecule has 0 fully saturated rings. The summed E-state index contributed by atoms with van der Waals surface area (Å²) >= 11 is 0. The van der Waals surface area contributed by atoms with Crippen LogP contribution in [0.3, 0.4) is 0 Å². The average Bonchev–Trinajstić information content (AvgIpc) is 2.28. The molecule has 18 heavy (non-hydrogen) atoms. The molecule has 2 atom stereocenters. The predicted molar refractivity (Wildman–Crippen MR) is 71.0 cm³/mol. The van der Waals surface area contributed by atoms with Gasteiger partial charge in [-0.05, 0) is 37.7 Å². The van der Waals surface area contributed by atoms with Gasteiger partial charge in [0.05, 0.1) is 11.6 Å². The molecule has 1 aromatic carbocycles. The summed E-state index contributed by atoms with van der Waals surface area (Å²) in [6, 6.07) is 6.32. The topological polar surface area (TPSA) is 44.1 Å². The SMILES string of the molecule is C[C@@H](C[S@](C)=O)N(C)Cc1cc(F)ccc1C#N. The Balaban J connectivity index is 2.81. The maximum Gasteiger partial charge on any atom is 0.123 e. The molecule has 1 aromatic rings. The van der Waals surface area contributed by atoms with Gasteiger partial charge in [0, 0.05) is 35.4 Å². The van der Waals surface area contributed by atoms with Gasteiger partial charge in [0.25, 0.3) is 0 Å². The zero-order chi connectivity index (χ0) is 13.7. The third kappa shape index (κ3) is 4.21. The van der Waals surface area contributed by atoms with Crippen molar-refractivity contribution in [2.24, 2.45) is 0 Å². The molecule has 0 aliphatic rings. The van der Waals surface area contributed by atoms with Crippen LogP contribution >= 0.6 is 0 Å². The van der Waals surface area contributed by atoms with Gasteiger partial charge in [-0.25, -0.2) is 4.39 Å². The van der Waals surface area contributed by atoms with Gasteiger partial charge in [-0.15, -0.1) is 0 Å². The van der Waals surface area contributed by atoms with Crippen LogP contribution in [0.1, 0.15) is 18.1 Å². The summed E-state index contributed by atoms with van der Waals surface area (Å²) in [6.07, 6.45) is 1.66. The minimum absolute atomic E-state index is 0.116. The van der Waals surface area contributed by atoms with E-state index in [0.717, 1.165) is 0 Å². The Labute approximate surface area is 110 Å².